The van der Waals surface area contributed by atoms with Gasteiger partial charge in [0, 0.05) is 22.9 Å². The Morgan fingerprint density at radius 2 is 1.85 bits per heavy atom. The van der Waals surface area contributed by atoms with Crippen molar-refractivity contribution < 1.29 is 8.98 Å². The molecular weight excluding hydrogens is 332 g/mol. The number of furan rings is 1. The molecule has 0 fully saturated rings. The van der Waals surface area contributed by atoms with Gasteiger partial charge in [0.05, 0.1) is 12.1 Å². The van der Waals surface area contributed by atoms with Crippen molar-refractivity contribution in [3.05, 3.63) is 71.2 Å². The summed E-state index contributed by atoms with van der Waals surface area (Å²) in [6.45, 7) is 14.0. The van der Waals surface area contributed by atoms with Crippen molar-refractivity contribution in [1.29, 1.82) is 0 Å². The van der Waals surface area contributed by atoms with Gasteiger partial charge >= 0.3 is 0 Å². The molecule has 0 saturated heterocycles. The molecule has 27 heavy (non-hydrogen) atoms. The van der Waals surface area contributed by atoms with Crippen molar-refractivity contribution in [3.8, 4) is 11.3 Å². The predicted octanol–water partition coefficient (Wildman–Crippen LogP) is 6.14. The molecule has 0 spiro atoms. The molecule has 0 aliphatic rings. The number of hydrogen-bond acceptors (Lipinski definition) is 1. The number of pyridine rings is 1. The van der Waals surface area contributed by atoms with Gasteiger partial charge in [0.25, 0.3) is 0 Å². The molecule has 0 radical (unpaired) electrons. The van der Waals surface area contributed by atoms with Crippen LogP contribution in [0.2, 0.25) is 0 Å². The Balaban J connectivity index is 2.05. The maximum absolute atomic E-state index is 7.45. The average molecular weight is 355 g/mol. The first-order valence-electron chi connectivity index (χ1n) is 9.31. The number of nitrogens with zero attached hydrogens (tertiary/aromatic N) is 2. The van der Waals surface area contributed by atoms with Gasteiger partial charge in [0.1, 0.15) is 18.2 Å². The number of rotatable bonds is 3. The van der Waals surface area contributed by atoms with Crippen LogP contribution >= 0.6 is 0 Å². The SMILES string of the molecule is [C-]#[N+]c1cccc2c1oc1c(-c3cc(CC(C)C)cc[n+]3C)c(C)ccc12. The summed E-state index contributed by atoms with van der Waals surface area (Å²) >= 11 is 0. The average Bonchev–Trinajstić information content (AvgIpc) is 3.01. The van der Waals surface area contributed by atoms with Crippen LogP contribution in [0.1, 0.15) is 25.0 Å². The zero-order valence-corrected chi connectivity index (χ0v) is 16.2. The van der Waals surface area contributed by atoms with Crippen molar-refractivity contribution in [2.75, 3.05) is 0 Å². The van der Waals surface area contributed by atoms with E-state index in [1.165, 1.54) is 11.1 Å². The highest BCUT2D eigenvalue weighted by Crippen LogP contribution is 2.40. The Kier molecular flexibility index (Phi) is 4.20. The molecular formula is C24H23N2O+. The maximum Gasteiger partial charge on any atom is 0.229 e. The highest BCUT2D eigenvalue weighted by Gasteiger charge is 2.22. The molecule has 4 aromatic rings. The third-order valence-electron chi connectivity index (χ3n) is 5.09. The lowest BCUT2D eigenvalue weighted by atomic mass is 9.97. The molecule has 3 heteroatoms. The number of aryl methyl sites for hydroxylation is 2. The van der Waals surface area contributed by atoms with Gasteiger partial charge < -0.3 is 4.42 Å². The van der Waals surface area contributed by atoms with E-state index in [4.69, 9.17) is 11.0 Å². The van der Waals surface area contributed by atoms with Crippen molar-refractivity contribution in [3.63, 3.8) is 0 Å². The van der Waals surface area contributed by atoms with Crippen LogP contribution in [0, 0.1) is 19.4 Å². The minimum Gasteiger partial charge on any atom is -0.466 e. The molecule has 2 aromatic heterocycles. The van der Waals surface area contributed by atoms with E-state index in [0.717, 1.165) is 34.0 Å². The molecule has 0 bridgehead atoms. The van der Waals surface area contributed by atoms with Crippen LogP contribution in [-0.4, -0.2) is 0 Å². The van der Waals surface area contributed by atoms with Crippen LogP contribution < -0.4 is 4.57 Å². The van der Waals surface area contributed by atoms with E-state index >= 15 is 0 Å². The summed E-state index contributed by atoms with van der Waals surface area (Å²) in [5.74, 6) is 0.606. The molecule has 2 heterocycles. The lowest BCUT2D eigenvalue weighted by Gasteiger charge is -2.09. The van der Waals surface area contributed by atoms with Crippen molar-refractivity contribution in [2.24, 2.45) is 13.0 Å². The van der Waals surface area contributed by atoms with Gasteiger partial charge in [-0.3, -0.25) is 0 Å². The van der Waals surface area contributed by atoms with Crippen LogP contribution in [0.5, 0.6) is 0 Å². The fourth-order valence-corrected chi connectivity index (χ4v) is 3.81. The standard InChI is InChI=1S/C24H23N2O/c1-15(2)13-17-11-12-26(5)21(14-17)22-16(3)9-10-19-18-7-6-8-20(25-4)23(18)27-24(19)22/h6-12,14-15H,13H2,1-3,5H3/q+1. The largest absolute Gasteiger partial charge is 0.466 e. The molecule has 0 aliphatic carbocycles. The first kappa shape index (κ1) is 17.3. The van der Waals surface area contributed by atoms with Gasteiger partial charge in [-0.05, 0) is 30.4 Å². The Labute approximate surface area is 159 Å². The molecule has 2 aromatic carbocycles. The van der Waals surface area contributed by atoms with E-state index in [1.807, 2.05) is 18.2 Å². The molecule has 0 aliphatic heterocycles. The second-order valence-electron chi connectivity index (χ2n) is 7.63. The summed E-state index contributed by atoms with van der Waals surface area (Å²) in [5, 5.41) is 2.06. The van der Waals surface area contributed by atoms with Crippen LogP contribution in [0.15, 0.2) is 53.1 Å². The first-order chi connectivity index (χ1) is 13.0. The van der Waals surface area contributed by atoms with E-state index < -0.39 is 0 Å². The molecule has 0 saturated carbocycles. The van der Waals surface area contributed by atoms with E-state index in [0.29, 0.717) is 17.2 Å². The normalized spacial score (nSPS) is 11.4. The topological polar surface area (TPSA) is 21.4 Å². The number of aromatic nitrogens is 1. The first-order valence-corrected chi connectivity index (χ1v) is 9.31. The summed E-state index contributed by atoms with van der Waals surface area (Å²) in [6.07, 6.45) is 3.17. The minimum absolute atomic E-state index is 0.560. The molecule has 3 nitrogen and oxygen atoms in total. The second-order valence-corrected chi connectivity index (χ2v) is 7.63. The fraction of sp³-hybridized carbons (Fsp3) is 0.250. The van der Waals surface area contributed by atoms with Gasteiger partial charge in [-0.25, -0.2) is 9.41 Å². The van der Waals surface area contributed by atoms with Crippen LogP contribution in [0.25, 0.3) is 38.0 Å². The highest BCUT2D eigenvalue weighted by molar-refractivity contribution is 6.12. The van der Waals surface area contributed by atoms with E-state index in [1.54, 1.807) is 0 Å². The summed E-state index contributed by atoms with van der Waals surface area (Å²) in [5.41, 5.74) is 6.84. The van der Waals surface area contributed by atoms with Gasteiger partial charge in [-0.15, -0.1) is 0 Å². The van der Waals surface area contributed by atoms with Crippen molar-refractivity contribution >= 4 is 27.6 Å². The zero-order valence-electron chi connectivity index (χ0n) is 16.2. The third-order valence-corrected chi connectivity index (χ3v) is 5.09. The van der Waals surface area contributed by atoms with Crippen molar-refractivity contribution in [1.82, 2.24) is 0 Å². The number of fused-ring (bicyclic) bond motifs is 3. The monoisotopic (exact) mass is 355 g/mol. The Morgan fingerprint density at radius 3 is 2.59 bits per heavy atom. The van der Waals surface area contributed by atoms with Gasteiger partial charge in [-0.2, -0.15) is 0 Å². The Bertz CT molecular complexity index is 1210. The summed E-state index contributed by atoms with van der Waals surface area (Å²) < 4.78 is 8.44. The third kappa shape index (κ3) is 2.88. The summed E-state index contributed by atoms with van der Waals surface area (Å²) in [7, 11) is 2.07. The number of para-hydroxylation sites is 1. The van der Waals surface area contributed by atoms with E-state index in [9.17, 15) is 0 Å². The fourth-order valence-electron chi connectivity index (χ4n) is 3.81. The van der Waals surface area contributed by atoms with Crippen LogP contribution in [-0.2, 0) is 13.5 Å². The Morgan fingerprint density at radius 1 is 1.07 bits per heavy atom. The minimum atomic E-state index is 0.560. The highest BCUT2D eigenvalue weighted by atomic mass is 16.3. The molecule has 0 amide bonds. The van der Waals surface area contributed by atoms with Gasteiger partial charge in [-0.1, -0.05) is 44.2 Å². The van der Waals surface area contributed by atoms with E-state index in [-0.39, 0.29) is 0 Å². The summed E-state index contributed by atoms with van der Waals surface area (Å²) in [6, 6.07) is 14.5. The zero-order chi connectivity index (χ0) is 19.1. The second kappa shape index (κ2) is 6.55. The van der Waals surface area contributed by atoms with Crippen LogP contribution in [0.3, 0.4) is 0 Å². The smallest absolute Gasteiger partial charge is 0.229 e. The molecule has 0 N–H and O–H groups in total. The van der Waals surface area contributed by atoms with Crippen LogP contribution in [0.4, 0.5) is 5.69 Å². The number of hydrogen-bond donors (Lipinski definition) is 0. The van der Waals surface area contributed by atoms with E-state index in [2.05, 4.69) is 67.7 Å². The lowest BCUT2D eigenvalue weighted by molar-refractivity contribution is -0.660. The number of benzene rings is 2. The lowest BCUT2D eigenvalue weighted by Crippen LogP contribution is -2.31. The van der Waals surface area contributed by atoms with Crippen molar-refractivity contribution in [2.45, 2.75) is 27.2 Å². The molecule has 0 atom stereocenters. The maximum atomic E-state index is 7.45. The van der Waals surface area contributed by atoms with Gasteiger partial charge in [0.15, 0.2) is 6.20 Å². The molecule has 0 unspecified atom stereocenters. The quantitative estimate of drug-likeness (QED) is 0.320. The van der Waals surface area contributed by atoms with Gasteiger partial charge in [0.2, 0.25) is 11.4 Å². The Hall–Kier alpha value is -3.12. The molecule has 4 rings (SSSR count). The molecule has 134 valence electrons. The predicted molar refractivity (Wildman–Crippen MR) is 110 cm³/mol. The summed E-state index contributed by atoms with van der Waals surface area (Å²) in [4.78, 5) is 3.63.